The van der Waals surface area contributed by atoms with Gasteiger partial charge in [0.1, 0.15) is 5.76 Å². The zero-order chi connectivity index (χ0) is 9.99. The molecule has 0 spiro atoms. The Bertz CT molecular complexity index is 407. The molecule has 4 aliphatic rings. The summed E-state index contributed by atoms with van der Waals surface area (Å²) in [6, 6.07) is 0. The number of ether oxygens (including phenoxy) is 1. The molecule has 0 amide bonds. The zero-order valence-corrected chi connectivity index (χ0v) is 9.54. The molecule has 0 aromatic rings. The lowest BCUT2D eigenvalue weighted by molar-refractivity contribution is 0.279. The summed E-state index contributed by atoms with van der Waals surface area (Å²) in [5.74, 6) is 4.27. The summed E-state index contributed by atoms with van der Waals surface area (Å²) in [7, 11) is 0. The van der Waals surface area contributed by atoms with E-state index in [4.69, 9.17) is 4.74 Å². The molecule has 2 heteroatoms. The maximum Gasteiger partial charge on any atom is 0.120 e. The van der Waals surface area contributed by atoms with Gasteiger partial charge in [-0.25, -0.2) is 0 Å². The predicted octanol–water partition coefficient (Wildman–Crippen LogP) is 3.32. The molecule has 0 aromatic carbocycles. The van der Waals surface area contributed by atoms with Gasteiger partial charge in [0, 0.05) is 16.1 Å². The first kappa shape index (κ1) is 8.51. The van der Waals surface area contributed by atoms with Crippen molar-refractivity contribution < 1.29 is 4.74 Å². The van der Waals surface area contributed by atoms with E-state index in [1.807, 2.05) is 6.26 Å². The first-order valence-electron chi connectivity index (χ1n) is 5.73. The van der Waals surface area contributed by atoms with E-state index in [9.17, 15) is 0 Å². The van der Waals surface area contributed by atoms with E-state index in [1.165, 1.54) is 17.1 Å². The lowest BCUT2D eigenvalue weighted by atomic mass is 9.80. The van der Waals surface area contributed by atoms with Crippen molar-refractivity contribution in [1.29, 1.82) is 0 Å². The zero-order valence-electron chi connectivity index (χ0n) is 8.72. The average Bonchev–Trinajstić information content (AvgIpc) is 2.91. The molecule has 4 rings (SSSR count). The lowest BCUT2D eigenvalue weighted by Gasteiger charge is -2.36. The predicted molar refractivity (Wildman–Crippen MR) is 62.0 cm³/mol. The van der Waals surface area contributed by atoms with Gasteiger partial charge in [-0.15, -0.1) is 11.8 Å². The normalized spacial score (nSPS) is 49.5. The highest BCUT2D eigenvalue weighted by Gasteiger charge is 2.52. The Morgan fingerprint density at radius 2 is 2.13 bits per heavy atom. The summed E-state index contributed by atoms with van der Waals surface area (Å²) >= 11 is 2.06. The van der Waals surface area contributed by atoms with Crippen LogP contribution < -0.4 is 0 Å². The number of allylic oxidation sites excluding steroid dienone is 4. The average molecular weight is 218 g/mol. The summed E-state index contributed by atoms with van der Waals surface area (Å²) in [4.78, 5) is 1.41. The van der Waals surface area contributed by atoms with Crippen molar-refractivity contribution in [2.45, 2.75) is 18.6 Å². The molecule has 1 fully saturated rings. The largest absolute Gasteiger partial charge is 0.468 e. The summed E-state index contributed by atoms with van der Waals surface area (Å²) in [5, 5.41) is 0.820. The number of hydrogen-bond donors (Lipinski definition) is 0. The van der Waals surface area contributed by atoms with Gasteiger partial charge in [-0.2, -0.15) is 0 Å². The standard InChI is InChI=1S/C13H14OS/c1-7-12-10(4-5-14-12)11-8-2-3-9(6-8)13(11)15-7/h2-5,8-11,13H,6H2,1H3/t8-,9+,10-,11-,13-/m0/s1. The fourth-order valence-corrected chi connectivity index (χ4v) is 5.31. The Labute approximate surface area is 94.3 Å². The fourth-order valence-electron chi connectivity index (χ4n) is 3.70. The van der Waals surface area contributed by atoms with E-state index in [0.29, 0.717) is 5.92 Å². The van der Waals surface area contributed by atoms with E-state index in [2.05, 4.69) is 36.9 Å². The van der Waals surface area contributed by atoms with Crippen molar-refractivity contribution in [2.24, 2.45) is 23.7 Å². The monoisotopic (exact) mass is 218 g/mol. The van der Waals surface area contributed by atoms with Gasteiger partial charge in [0.25, 0.3) is 0 Å². The van der Waals surface area contributed by atoms with Gasteiger partial charge in [-0.1, -0.05) is 12.2 Å². The molecule has 1 saturated carbocycles. The quantitative estimate of drug-likeness (QED) is 0.577. The summed E-state index contributed by atoms with van der Waals surface area (Å²) in [6.07, 6.45) is 10.4. The van der Waals surface area contributed by atoms with Crippen LogP contribution >= 0.6 is 11.8 Å². The lowest BCUT2D eigenvalue weighted by Crippen LogP contribution is -2.32. The Balaban J connectivity index is 1.81. The highest BCUT2D eigenvalue weighted by atomic mass is 32.2. The Morgan fingerprint density at radius 3 is 3.07 bits per heavy atom. The van der Waals surface area contributed by atoms with Crippen molar-refractivity contribution in [2.75, 3.05) is 0 Å². The highest BCUT2D eigenvalue weighted by Crippen LogP contribution is 2.59. The molecule has 5 atom stereocenters. The Hall–Kier alpha value is -0.630. The first-order valence-corrected chi connectivity index (χ1v) is 6.61. The van der Waals surface area contributed by atoms with Crippen molar-refractivity contribution in [3.8, 4) is 0 Å². The number of fused-ring (bicyclic) bond motifs is 7. The summed E-state index contributed by atoms with van der Waals surface area (Å²) in [5.41, 5.74) is 0. The Kier molecular flexibility index (Phi) is 1.55. The highest BCUT2D eigenvalue weighted by molar-refractivity contribution is 8.03. The minimum absolute atomic E-state index is 0.580. The van der Waals surface area contributed by atoms with Crippen LogP contribution in [0.4, 0.5) is 0 Å². The third-order valence-corrected chi connectivity index (χ3v) is 5.79. The molecule has 2 bridgehead atoms. The van der Waals surface area contributed by atoms with Crippen LogP contribution in [0.5, 0.6) is 0 Å². The van der Waals surface area contributed by atoms with Gasteiger partial charge in [-0.05, 0) is 37.2 Å². The number of hydrogen-bond acceptors (Lipinski definition) is 2. The van der Waals surface area contributed by atoms with Crippen LogP contribution in [-0.2, 0) is 4.74 Å². The van der Waals surface area contributed by atoms with Gasteiger partial charge in [0.15, 0.2) is 0 Å². The molecule has 0 saturated heterocycles. The maximum atomic E-state index is 5.64. The number of rotatable bonds is 0. The van der Waals surface area contributed by atoms with Crippen molar-refractivity contribution in [3.63, 3.8) is 0 Å². The van der Waals surface area contributed by atoms with E-state index >= 15 is 0 Å². The van der Waals surface area contributed by atoms with Gasteiger partial charge in [0.05, 0.1) is 6.26 Å². The molecule has 2 heterocycles. The SMILES string of the molecule is CC1=C2OC=C[C@H]2[C@H]2[C@@H](S1)[C@@H]1C=C[C@H]2C1. The summed E-state index contributed by atoms with van der Waals surface area (Å²) in [6.45, 7) is 2.21. The molecule has 0 N–H and O–H groups in total. The van der Waals surface area contributed by atoms with E-state index in [-0.39, 0.29) is 0 Å². The van der Waals surface area contributed by atoms with Gasteiger partial charge in [-0.3, -0.25) is 0 Å². The third-order valence-electron chi connectivity index (χ3n) is 4.30. The molecule has 2 aliphatic carbocycles. The molecule has 78 valence electrons. The van der Waals surface area contributed by atoms with Crippen molar-refractivity contribution in [1.82, 2.24) is 0 Å². The third kappa shape index (κ3) is 0.963. The fraction of sp³-hybridized carbons (Fsp3) is 0.538. The van der Waals surface area contributed by atoms with E-state index in [0.717, 1.165) is 23.0 Å². The minimum Gasteiger partial charge on any atom is -0.468 e. The molecule has 1 nitrogen and oxygen atoms in total. The molecule has 0 unspecified atom stereocenters. The van der Waals surface area contributed by atoms with Crippen LogP contribution in [0.15, 0.2) is 35.2 Å². The second kappa shape index (κ2) is 2.73. The van der Waals surface area contributed by atoms with Gasteiger partial charge < -0.3 is 4.74 Å². The molecular formula is C13H14OS. The van der Waals surface area contributed by atoms with Crippen LogP contribution in [-0.4, -0.2) is 5.25 Å². The second-order valence-corrected chi connectivity index (χ2v) is 6.39. The molecule has 0 aromatic heterocycles. The van der Waals surface area contributed by atoms with Crippen LogP contribution in [0, 0.1) is 23.7 Å². The van der Waals surface area contributed by atoms with Crippen LogP contribution in [0.2, 0.25) is 0 Å². The van der Waals surface area contributed by atoms with E-state index in [1.54, 1.807) is 0 Å². The van der Waals surface area contributed by atoms with E-state index < -0.39 is 0 Å². The Morgan fingerprint density at radius 1 is 1.27 bits per heavy atom. The minimum atomic E-state index is 0.580. The second-order valence-electron chi connectivity index (χ2n) is 5.00. The van der Waals surface area contributed by atoms with Crippen LogP contribution in [0.1, 0.15) is 13.3 Å². The van der Waals surface area contributed by atoms with Crippen LogP contribution in [0.3, 0.4) is 0 Å². The van der Waals surface area contributed by atoms with Crippen molar-refractivity contribution in [3.05, 3.63) is 35.2 Å². The number of thioether (sulfide) groups is 1. The molecule has 0 radical (unpaired) electrons. The van der Waals surface area contributed by atoms with Gasteiger partial charge in [0.2, 0.25) is 0 Å². The maximum absolute atomic E-state index is 5.64. The molecule has 15 heavy (non-hydrogen) atoms. The molecule has 2 aliphatic heterocycles. The van der Waals surface area contributed by atoms with Crippen LogP contribution in [0.25, 0.3) is 0 Å². The topological polar surface area (TPSA) is 9.23 Å². The summed E-state index contributed by atoms with van der Waals surface area (Å²) < 4.78 is 5.64. The smallest absolute Gasteiger partial charge is 0.120 e. The molecular weight excluding hydrogens is 204 g/mol. The van der Waals surface area contributed by atoms with Gasteiger partial charge >= 0.3 is 0 Å². The first-order chi connectivity index (χ1) is 7.34. The van der Waals surface area contributed by atoms with Crippen molar-refractivity contribution >= 4 is 11.8 Å².